The van der Waals surface area contributed by atoms with Gasteiger partial charge >= 0.3 is 0 Å². The van der Waals surface area contributed by atoms with Crippen LogP contribution in [0.25, 0.3) is 0 Å². The Labute approximate surface area is 146 Å². The lowest BCUT2D eigenvalue weighted by Gasteiger charge is -2.16. The highest BCUT2D eigenvalue weighted by atomic mass is 19.1. The summed E-state index contributed by atoms with van der Waals surface area (Å²) in [6.07, 6.45) is 2.43. The molecule has 0 aromatic heterocycles. The van der Waals surface area contributed by atoms with E-state index in [9.17, 15) is 14.0 Å². The second-order valence-corrected chi connectivity index (χ2v) is 6.22. The number of anilines is 1. The molecule has 1 aliphatic rings. The van der Waals surface area contributed by atoms with Gasteiger partial charge in [-0.1, -0.05) is 24.3 Å². The monoisotopic (exact) mass is 340 g/mol. The molecule has 5 heteroatoms. The fourth-order valence-corrected chi connectivity index (χ4v) is 2.95. The van der Waals surface area contributed by atoms with E-state index in [1.807, 2.05) is 24.3 Å². The Morgan fingerprint density at radius 1 is 1.12 bits per heavy atom. The SMILES string of the molecule is O=C(CCc1ccc(F)cc1)NCc1cccc(N2CCCC2=O)c1. The van der Waals surface area contributed by atoms with E-state index in [1.54, 1.807) is 17.0 Å². The Morgan fingerprint density at radius 2 is 1.92 bits per heavy atom. The Kier molecular flexibility index (Phi) is 5.43. The van der Waals surface area contributed by atoms with E-state index in [4.69, 9.17) is 0 Å². The highest BCUT2D eigenvalue weighted by Crippen LogP contribution is 2.22. The molecule has 1 saturated heterocycles. The van der Waals surface area contributed by atoms with Crippen molar-refractivity contribution >= 4 is 17.5 Å². The normalized spacial score (nSPS) is 14.0. The number of amides is 2. The number of aryl methyl sites for hydroxylation is 1. The van der Waals surface area contributed by atoms with Crippen LogP contribution in [0.4, 0.5) is 10.1 Å². The summed E-state index contributed by atoms with van der Waals surface area (Å²) < 4.78 is 12.9. The van der Waals surface area contributed by atoms with Crippen LogP contribution in [0.2, 0.25) is 0 Å². The summed E-state index contributed by atoms with van der Waals surface area (Å²) in [7, 11) is 0. The van der Waals surface area contributed by atoms with Crippen LogP contribution in [0.5, 0.6) is 0 Å². The molecule has 1 N–H and O–H groups in total. The van der Waals surface area contributed by atoms with Crippen molar-refractivity contribution in [2.24, 2.45) is 0 Å². The second kappa shape index (κ2) is 7.92. The van der Waals surface area contributed by atoms with Crippen LogP contribution in [0.1, 0.15) is 30.4 Å². The van der Waals surface area contributed by atoms with Gasteiger partial charge in [-0.2, -0.15) is 0 Å². The molecule has 1 aliphatic heterocycles. The summed E-state index contributed by atoms with van der Waals surface area (Å²) in [6, 6.07) is 13.9. The summed E-state index contributed by atoms with van der Waals surface area (Å²) in [5, 5.41) is 2.89. The van der Waals surface area contributed by atoms with Gasteiger partial charge in [0.15, 0.2) is 0 Å². The Balaban J connectivity index is 1.50. The molecule has 0 aliphatic carbocycles. The predicted octanol–water partition coefficient (Wildman–Crippen LogP) is 3.20. The van der Waals surface area contributed by atoms with E-state index in [2.05, 4.69) is 5.32 Å². The fraction of sp³-hybridized carbons (Fsp3) is 0.300. The molecule has 3 rings (SSSR count). The quantitative estimate of drug-likeness (QED) is 0.878. The standard InChI is InChI=1S/C20H21FN2O2/c21-17-9-6-15(7-10-17)8-11-19(24)22-14-16-3-1-4-18(13-16)23-12-2-5-20(23)25/h1,3-4,6-7,9-10,13H,2,5,8,11-12,14H2,(H,22,24). The third-order valence-corrected chi connectivity index (χ3v) is 4.34. The van der Waals surface area contributed by atoms with Crippen LogP contribution in [0.15, 0.2) is 48.5 Å². The molecule has 1 heterocycles. The van der Waals surface area contributed by atoms with E-state index in [0.29, 0.717) is 25.8 Å². The molecule has 0 atom stereocenters. The van der Waals surface area contributed by atoms with Crippen molar-refractivity contribution in [2.45, 2.75) is 32.2 Å². The number of carbonyl (C=O) groups excluding carboxylic acids is 2. The number of rotatable bonds is 6. The predicted molar refractivity (Wildman–Crippen MR) is 94.6 cm³/mol. The minimum atomic E-state index is -0.274. The van der Waals surface area contributed by atoms with Gasteiger partial charge in [-0.3, -0.25) is 9.59 Å². The molecular weight excluding hydrogens is 319 g/mol. The third-order valence-electron chi connectivity index (χ3n) is 4.34. The van der Waals surface area contributed by atoms with Crippen molar-refractivity contribution in [3.8, 4) is 0 Å². The first-order valence-corrected chi connectivity index (χ1v) is 8.52. The maximum Gasteiger partial charge on any atom is 0.227 e. The molecule has 2 amide bonds. The summed E-state index contributed by atoms with van der Waals surface area (Å²) in [5.74, 6) is -0.169. The lowest BCUT2D eigenvalue weighted by Crippen LogP contribution is -2.25. The summed E-state index contributed by atoms with van der Waals surface area (Å²) in [5.41, 5.74) is 2.79. The van der Waals surface area contributed by atoms with Crippen LogP contribution >= 0.6 is 0 Å². The van der Waals surface area contributed by atoms with Crippen LogP contribution in [-0.2, 0) is 22.6 Å². The molecule has 0 unspecified atom stereocenters. The number of hydrogen-bond acceptors (Lipinski definition) is 2. The second-order valence-electron chi connectivity index (χ2n) is 6.22. The average molecular weight is 340 g/mol. The fourth-order valence-electron chi connectivity index (χ4n) is 2.95. The van der Waals surface area contributed by atoms with Crippen molar-refractivity contribution < 1.29 is 14.0 Å². The van der Waals surface area contributed by atoms with Crippen molar-refractivity contribution in [3.63, 3.8) is 0 Å². The van der Waals surface area contributed by atoms with Crippen LogP contribution in [0.3, 0.4) is 0 Å². The van der Waals surface area contributed by atoms with Gasteiger partial charge in [-0.05, 0) is 48.2 Å². The van der Waals surface area contributed by atoms with Gasteiger partial charge in [0.05, 0.1) is 0 Å². The first-order chi connectivity index (χ1) is 12.1. The first kappa shape index (κ1) is 17.1. The van der Waals surface area contributed by atoms with Gasteiger partial charge in [-0.25, -0.2) is 4.39 Å². The lowest BCUT2D eigenvalue weighted by atomic mass is 10.1. The average Bonchev–Trinajstić information content (AvgIpc) is 3.06. The first-order valence-electron chi connectivity index (χ1n) is 8.52. The van der Waals surface area contributed by atoms with Crippen molar-refractivity contribution in [3.05, 3.63) is 65.5 Å². The Hall–Kier alpha value is -2.69. The van der Waals surface area contributed by atoms with E-state index in [-0.39, 0.29) is 17.6 Å². The number of halogens is 1. The minimum absolute atomic E-state index is 0.0491. The molecule has 2 aromatic rings. The maximum absolute atomic E-state index is 12.9. The number of carbonyl (C=O) groups is 2. The highest BCUT2D eigenvalue weighted by molar-refractivity contribution is 5.95. The molecule has 1 fully saturated rings. The third kappa shape index (κ3) is 4.66. The molecule has 0 saturated carbocycles. The molecule has 0 bridgehead atoms. The highest BCUT2D eigenvalue weighted by Gasteiger charge is 2.21. The number of nitrogens with zero attached hydrogens (tertiary/aromatic N) is 1. The summed E-state index contributed by atoms with van der Waals surface area (Å²) in [6.45, 7) is 1.18. The zero-order valence-electron chi connectivity index (χ0n) is 14.0. The minimum Gasteiger partial charge on any atom is -0.352 e. The molecular formula is C20H21FN2O2. The van der Waals surface area contributed by atoms with Crippen LogP contribution in [0, 0.1) is 5.82 Å². The summed E-state index contributed by atoms with van der Waals surface area (Å²) >= 11 is 0. The van der Waals surface area contributed by atoms with Crippen LogP contribution in [-0.4, -0.2) is 18.4 Å². The maximum atomic E-state index is 12.9. The van der Waals surface area contributed by atoms with Gasteiger partial charge in [0.25, 0.3) is 0 Å². The topological polar surface area (TPSA) is 49.4 Å². The summed E-state index contributed by atoms with van der Waals surface area (Å²) in [4.78, 5) is 25.6. The van der Waals surface area contributed by atoms with E-state index in [0.717, 1.165) is 29.8 Å². The van der Waals surface area contributed by atoms with Gasteiger partial charge in [0.1, 0.15) is 5.82 Å². The molecule has 2 aromatic carbocycles. The van der Waals surface area contributed by atoms with Gasteiger partial charge in [0, 0.05) is 31.6 Å². The van der Waals surface area contributed by atoms with Gasteiger partial charge in [-0.15, -0.1) is 0 Å². The number of hydrogen-bond donors (Lipinski definition) is 1. The van der Waals surface area contributed by atoms with Crippen molar-refractivity contribution in [2.75, 3.05) is 11.4 Å². The molecule has 4 nitrogen and oxygen atoms in total. The van der Waals surface area contributed by atoms with Crippen LogP contribution < -0.4 is 10.2 Å². The Bertz CT molecular complexity index is 759. The van der Waals surface area contributed by atoms with Gasteiger partial charge in [0.2, 0.25) is 11.8 Å². The Morgan fingerprint density at radius 3 is 2.64 bits per heavy atom. The number of nitrogens with one attached hydrogen (secondary N) is 1. The lowest BCUT2D eigenvalue weighted by molar-refractivity contribution is -0.121. The van der Waals surface area contributed by atoms with Gasteiger partial charge < -0.3 is 10.2 Å². The van der Waals surface area contributed by atoms with E-state index >= 15 is 0 Å². The van der Waals surface area contributed by atoms with Crippen molar-refractivity contribution in [1.82, 2.24) is 5.32 Å². The van der Waals surface area contributed by atoms with Crippen molar-refractivity contribution in [1.29, 1.82) is 0 Å². The smallest absolute Gasteiger partial charge is 0.227 e. The molecule has 0 radical (unpaired) electrons. The van der Waals surface area contributed by atoms with E-state index < -0.39 is 0 Å². The molecule has 25 heavy (non-hydrogen) atoms. The van der Waals surface area contributed by atoms with E-state index in [1.165, 1.54) is 12.1 Å². The zero-order valence-corrected chi connectivity index (χ0v) is 14.0. The number of benzene rings is 2. The largest absolute Gasteiger partial charge is 0.352 e. The zero-order chi connectivity index (χ0) is 17.6. The molecule has 0 spiro atoms. The molecule has 130 valence electrons.